The van der Waals surface area contributed by atoms with Gasteiger partial charge in [-0.3, -0.25) is 9.59 Å². The quantitative estimate of drug-likeness (QED) is 0.772. The third kappa shape index (κ3) is 2.01. The zero-order chi connectivity index (χ0) is 11.7. The molecule has 0 radical (unpaired) electrons. The number of carbonyl (C=O) groups excluding carboxylic acids is 1. The number of carboxylic acid groups (broad SMARTS) is 1. The van der Waals surface area contributed by atoms with Crippen LogP contribution in [0.2, 0.25) is 0 Å². The van der Waals surface area contributed by atoms with Gasteiger partial charge in [-0.05, 0) is 28.1 Å². The number of nitrogens with one attached hydrogen (secondary N) is 2. The Bertz CT molecular complexity index is 461. The third-order valence-electron chi connectivity index (χ3n) is 2.29. The van der Waals surface area contributed by atoms with E-state index in [1.54, 1.807) is 12.1 Å². The van der Waals surface area contributed by atoms with Crippen LogP contribution in [-0.2, 0) is 9.59 Å². The zero-order valence-corrected chi connectivity index (χ0v) is 9.74. The number of fused-ring (bicyclic) bond motifs is 1. The molecular formula is C10H9BrN2O3. The van der Waals surface area contributed by atoms with Crippen molar-refractivity contribution in [1.29, 1.82) is 0 Å². The van der Waals surface area contributed by atoms with Crippen LogP contribution in [0.3, 0.4) is 0 Å². The molecule has 1 unspecified atom stereocenters. The van der Waals surface area contributed by atoms with Crippen molar-refractivity contribution in [3.8, 4) is 0 Å². The lowest BCUT2D eigenvalue weighted by atomic mass is 10.1. The van der Waals surface area contributed by atoms with E-state index in [1.165, 1.54) is 0 Å². The van der Waals surface area contributed by atoms with E-state index in [0.29, 0.717) is 11.4 Å². The summed E-state index contributed by atoms with van der Waals surface area (Å²) < 4.78 is 0.792. The van der Waals surface area contributed by atoms with Gasteiger partial charge in [0, 0.05) is 4.47 Å². The van der Waals surface area contributed by atoms with Gasteiger partial charge in [0.15, 0.2) is 0 Å². The highest BCUT2D eigenvalue weighted by Crippen LogP contribution is 2.34. The molecule has 5 nitrogen and oxygen atoms in total. The normalized spacial score (nSPS) is 18.3. The largest absolute Gasteiger partial charge is 0.481 e. The van der Waals surface area contributed by atoms with Crippen LogP contribution in [0, 0.1) is 0 Å². The summed E-state index contributed by atoms with van der Waals surface area (Å²) in [6.07, 6.45) is -0.243. The van der Waals surface area contributed by atoms with Gasteiger partial charge < -0.3 is 15.7 Å². The van der Waals surface area contributed by atoms with Gasteiger partial charge in [-0.1, -0.05) is 6.07 Å². The van der Waals surface area contributed by atoms with Crippen molar-refractivity contribution in [3.63, 3.8) is 0 Å². The maximum absolute atomic E-state index is 11.6. The number of rotatable bonds is 2. The van der Waals surface area contributed by atoms with Crippen molar-refractivity contribution >= 4 is 39.2 Å². The minimum absolute atomic E-state index is 0.243. The van der Waals surface area contributed by atoms with E-state index in [4.69, 9.17) is 5.11 Å². The first-order chi connectivity index (χ1) is 7.58. The van der Waals surface area contributed by atoms with Crippen LogP contribution in [0.4, 0.5) is 11.4 Å². The van der Waals surface area contributed by atoms with Gasteiger partial charge in [0.2, 0.25) is 5.91 Å². The van der Waals surface area contributed by atoms with Crippen LogP contribution >= 0.6 is 15.9 Å². The standard InChI is InChI=1S/C10H9BrN2O3/c11-5-2-1-3-6-9(5)12-7(4-8(14)15)10(16)13-6/h1-3,7,12H,4H2,(H,13,16)(H,14,15). The molecular weight excluding hydrogens is 276 g/mol. The molecule has 1 atom stereocenters. The van der Waals surface area contributed by atoms with Crippen LogP contribution < -0.4 is 10.6 Å². The summed E-state index contributed by atoms with van der Waals surface area (Å²) in [6.45, 7) is 0. The molecule has 1 aliphatic heterocycles. The molecule has 3 N–H and O–H groups in total. The second kappa shape index (κ2) is 4.13. The van der Waals surface area contributed by atoms with Crippen molar-refractivity contribution in [2.75, 3.05) is 10.6 Å². The molecule has 1 aromatic carbocycles. The molecule has 6 heteroatoms. The van der Waals surface area contributed by atoms with Gasteiger partial charge in [0.25, 0.3) is 0 Å². The van der Waals surface area contributed by atoms with Crippen molar-refractivity contribution < 1.29 is 14.7 Å². The molecule has 0 fully saturated rings. The molecule has 2 rings (SSSR count). The average molecular weight is 285 g/mol. The molecule has 0 bridgehead atoms. The van der Waals surface area contributed by atoms with E-state index in [1.807, 2.05) is 6.07 Å². The SMILES string of the molecule is O=C(O)CC1Nc2c(Br)cccc2NC1=O. The first kappa shape index (κ1) is 10.9. The lowest BCUT2D eigenvalue weighted by Gasteiger charge is -2.26. The Kier molecular flexibility index (Phi) is 2.82. The van der Waals surface area contributed by atoms with E-state index in [-0.39, 0.29) is 12.3 Å². The van der Waals surface area contributed by atoms with Crippen LogP contribution in [-0.4, -0.2) is 23.0 Å². The monoisotopic (exact) mass is 284 g/mol. The van der Waals surface area contributed by atoms with E-state index < -0.39 is 12.0 Å². The fourth-order valence-electron chi connectivity index (χ4n) is 1.55. The highest BCUT2D eigenvalue weighted by Gasteiger charge is 2.28. The Balaban J connectivity index is 2.30. The maximum atomic E-state index is 11.6. The highest BCUT2D eigenvalue weighted by atomic mass is 79.9. The molecule has 1 aliphatic rings. The molecule has 16 heavy (non-hydrogen) atoms. The summed E-state index contributed by atoms with van der Waals surface area (Å²) in [6, 6.07) is 4.63. The fourth-order valence-corrected chi connectivity index (χ4v) is 2.03. The number of anilines is 2. The highest BCUT2D eigenvalue weighted by molar-refractivity contribution is 9.10. The van der Waals surface area contributed by atoms with Crippen molar-refractivity contribution in [2.24, 2.45) is 0 Å². The molecule has 1 amide bonds. The second-order valence-electron chi connectivity index (χ2n) is 3.45. The molecule has 1 heterocycles. The Hall–Kier alpha value is -1.56. The van der Waals surface area contributed by atoms with E-state index in [0.717, 1.165) is 4.47 Å². The van der Waals surface area contributed by atoms with Gasteiger partial charge in [0.05, 0.1) is 17.8 Å². The number of amides is 1. The summed E-state index contributed by atoms with van der Waals surface area (Å²) in [5.41, 5.74) is 1.37. The number of halogens is 1. The van der Waals surface area contributed by atoms with Gasteiger partial charge in [-0.2, -0.15) is 0 Å². The predicted octanol–water partition coefficient (Wildman–Crippen LogP) is 1.66. The minimum atomic E-state index is -1.01. The third-order valence-corrected chi connectivity index (χ3v) is 2.95. The first-order valence-electron chi connectivity index (χ1n) is 4.65. The fraction of sp³-hybridized carbons (Fsp3) is 0.200. The van der Waals surface area contributed by atoms with Crippen molar-refractivity contribution in [3.05, 3.63) is 22.7 Å². The van der Waals surface area contributed by atoms with Crippen molar-refractivity contribution in [1.82, 2.24) is 0 Å². The van der Waals surface area contributed by atoms with Crippen LogP contribution in [0.15, 0.2) is 22.7 Å². The van der Waals surface area contributed by atoms with E-state index in [9.17, 15) is 9.59 Å². The Morgan fingerprint density at radius 3 is 2.94 bits per heavy atom. The summed E-state index contributed by atoms with van der Waals surface area (Å²) >= 11 is 3.33. The van der Waals surface area contributed by atoms with Gasteiger partial charge >= 0.3 is 5.97 Å². The summed E-state index contributed by atoms with van der Waals surface area (Å²) in [5.74, 6) is -1.34. The summed E-state index contributed by atoms with van der Waals surface area (Å²) in [7, 11) is 0. The average Bonchev–Trinajstić information content (AvgIpc) is 2.20. The van der Waals surface area contributed by atoms with Crippen LogP contribution in [0.5, 0.6) is 0 Å². The predicted molar refractivity (Wildman–Crippen MR) is 62.4 cm³/mol. The number of carbonyl (C=O) groups is 2. The number of hydrogen-bond donors (Lipinski definition) is 3. The van der Waals surface area contributed by atoms with Gasteiger partial charge in [-0.25, -0.2) is 0 Å². The minimum Gasteiger partial charge on any atom is -0.481 e. The van der Waals surface area contributed by atoms with Gasteiger partial charge in [-0.15, -0.1) is 0 Å². The topological polar surface area (TPSA) is 78.4 Å². The zero-order valence-electron chi connectivity index (χ0n) is 8.16. The van der Waals surface area contributed by atoms with Crippen LogP contribution in [0.1, 0.15) is 6.42 Å². The van der Waals surface area contributed by atoms with Crippen molar-refractivity contribution in [2.45, 2.75) is 12.5 Å². The number of hydrogen-bond acceptors (Lipinski definition) is 3. The number of para-hydroxylation sites is 1. The second-order valence-corrected chi connectivity index (χ2v) is 4.30. The Morgan fingerprint density at radius 2 is 2.25 bits per heavy atom. The molecule has 0 aromatic heterocycles. The number of aliphatic carboxylic acids is 1. The Morgan fingerprint density at radius 1 is 1.50 bits per heavy atom. The Labute approximate surface area is 100.0 Å². The number of benzene rings is 1. The number of carboxylic acids is 1. The van der Waals surface area contributed by atoms with E-state index >= 15 is 0 Å². The molecule has 0 aliphatic carbocycles. The molecule has 0 saturated carbocycles. The molecule has 84 valence electrons. The lowest BCUT2D eigenvalue weighted by Crippen LogP contribution is -2.40. The maximum Gasteiger partial charge on any atom is 0.305 e. The van der Waals surface area contributed by atoms with E-state index in [2.05, 4.69) is 26.6 Å². The molecule has 0 saturated heterocycles. The molecule has 1 aromatic rings. The molecule has 0 spiro atoms. The summed E-state index contributed by atoms with van der Waals surface area (Å²) in [4.78, 5) is 22.1. The smallest absolute Gasteiger partial charge is 0.305 e. The van der Waals surface area contributed by atoms with Crippen LogP contribution in [0.25, 0.3) is 0 Å². The van der Waals surface area contributed by atoms with Gasteiger partial charge in [0.1, 0.15) is 6.04 Å². The summed E-state index contributed by atoms with van der Waals surface area (Å²) in [5, 5.41) is 14.2. The first-order valence-corrected chi connectivity index (χ1v) is 5.45. The lowest BCUT2D eigenvalue weighted by molar-refractivity contribution is -0.138.